The van der Waals surface area contributed by atoms with Crippen molar-refractivity contribution >= 4 is 11.6 Å². The molecule has 1 amide bonds. The molecule has 31 heavy (non-hydrogen) atoms. The molecule has 0 spiro atoms. The first kappa shape index (κ1) is 23.0. The first-order chi connectivity index (χ1) is 14.6. The Hall–Kier alpha value is -2.68. The highest BCUT2D eigenvalue weighted by atomic mass is 19.4. The van der Waals surface area contributed by atoms with Gasteiger partial charge in [0.1, 0.15) is 5.75 Å². The maximum Gasteiger partial charge on any atom is 0.418 e. The van der Waals surface area contributed by atoms with Gasteiger partial charge in [0.2, 0.25) is 0 Å². The molecular formula is C22H23F5N2O2. The molecule has 2 N–H and O–H groups in total. The number of nitrogens with zero attached hydrogens (tertiary/aromatic N) is 1. The van der Waals surface area contributed by atoms with Gasteiger partial charge in [0, 0.05) is 31.5 Å². The second kappa shape index (κ2) is 8.11. The molecule has 4 rings (SSSR count). The van der Waals surface area contributed by atoms with Gasteiger partial charge in [-0.2, -0.15) is 13.2 Å². The number of anilines is 1. The SMILES string of the molecule is CC.O=C1Nc2c(C(F)(F)F)cccc2C1(c1ccc(O)cc1)N1CCC(F)(F)CC1. The number of phenols is 1. The average Bonchev–Trinajstić information content (AvgIpc) is 3.02. The van der Waals surface area contributed by atoms with E-state index in [4.69, 9.17) is 0 Å². The van der Waals surface area contributed by atoms with Gasteiger partial charge in [-0.15, -0.1) is 0 Å². The third-order valence-electron chi connectivity index (χ3n) is 5.58. The van der Waals surface area contributed by atoms with E-state index in [9.17, 15) is 31.9 Å². The number of piperidine rings is 1. The van der Waals surface area contributed by atoms with Crippen molar-refractivity contribution in [3.63, 3.8) is 0 Å². The van der Waals surface area contributed by atoms with E-state index in [1.807, 2.05) is 13.8 Å². The van der Waals surface area contributed by atoms with Crippen LogP contribution in [0.25, 0.3) is 0 Å². The first-order valence-corrected chi connectivity index (χ1v) is 10.0. The van der Waals surface area contributed by atoms with Crippen molar-refractivity contribution in [1.82, 2.24) is 4.90 Å². The van der Waals surface area contributed by atoms with E-state index in [1.165, 1.54) is 41.3 Å². The standard InChI is InChI=1S/C20H17F5N2O2.C2H6/c21-18(22)8-10-27(11-9-18)19(12-4-6-13(28)7-5-12)14-2-1-3-15(20(23,24)25)16(14)26-17(19)29;1-2/h1-7,28H,8-11H2,(H,26,29);1-2H3. The van der Waals surface area contributed by atoms with Crippen molar-refractivity contribution in [3.05, 3.63) is 59.2 Å². The second-order valence-corrected chi connectivity index (χ2v) is 7.28. The van der Waals surface area contributed by atoms with E-state index in [0.29, 0.717) is 5.56 Å². The summed E-state index contributed by atoms with van der Waals surface area (Å²) >= 11 is 0. The van der Waals surface area contributed by atoms with E-state index in [2.05, 4.69) is 5.32 Å². The molecule has 0 bridgehead atoms. The Kier molecular flexibility index (Phi) is 6.01. The van der Waals surface area contributed by atoms with Crippen LogP contribution in [0.1, 0.15) is 43.4 Å². The summed E-state index contributed by atoms with van der Waals surface area (Å²) in [5.41, 5.74) is -2.69. The zero-order chi connectivity index (χ0) is 23.0. The normalized spacial score (nSPS) is 22.9. The average molecular weight is 442 g/mol. The van der Waals surface area contributed by atoms with Crippen molar-refractivity contribution in [2.24, 2.45) is 0 Å². The number of para-hydroxylation sites is 1. The number of aromatic hydroxyl groups is 1. The van der Waals surface area contributed by atoms with Crippen LogP contribution in [0.15, 0.2) is 42.5 Å². The van der Waals surface area contributed by atoms with Gasteiger partial charge in [0.15, 0.2) is 5.54 Å². The number of amides is 1. The van der Waals surface area contributed by atoms with Crippen LogP contribution in [0.5, 0.6) is 5.75 Å². The Morgan fingerprint density at radius 2 is 1.58 bits per heavy atom. The number of phenolic OH excluding ortho intramolecular Hbond substituents is 1. The zero-order valence-electron chi connectivity index (χ0n) is 17.1. The van der Waals surface area contributed by atoms with Crippen molar-refractivity contribution in [2.45, 2.75) is 44.3 Å². The predicted molar refractivity (Wildman–Crippen MR) is 106 cm³/mol. The quantitative estimate of drug-likeness (QED) is 0.616. The minimum atomic E-state index is -4.70. The number of benzene rings is 2. The van der Waals surface area contributed by atoms with Crippen LogP contribution in [-0.4, -0.2) is 34.9 Å². The van der Waals surface area contributed by atoms with Crippen LogP contribution in [0.4, 0.5) is 27.6 Å². The Labute approximate surface area is 176 Å². The minimum absolute atomic E-state index is 0.0632. The van der Waals surface area contributed by atoms with Gasteiger partial charge in [-0.05, 0) is 23.8 Å². The minimum Gasteiger partial charge on any atom is -0.508 e. The van der Waals surface area contributed by atoms with Crippen molar-refractivity contribution in [2.75, 3.05) is 18.4 Å². The molecule has 2 aromatic carbocycles. The molecule has 0 aromatic heterocycles. The smallest absolute Gasteiger partial charge is 0.418 e. The topological polar surface area (TPSA) is 52.6 Å². The second-order valence-electron chi connectivity index (χ2n) is 7.28. The number of hydrogen-bond donors (Lipinski definition) is 2. The summed E-state index contributed by atoms with van der Waals surface area (Å²) in [4.78, 5) is 14.7. The van der Waals surface area contributed by atoms with Gasteiger partial charge in [0.05, 0.1) is 11.3 Å². The summed E-state index contributed by atoms with van der Waals surface area (Å²) in [7, 11) is 0. The van der Waals surface area contributed by atoms with Gasteiger partial charge < -0.3 is 10.4 Å². The number of hydrogen-bond acceptors (Lipinski definition) is 3. The zero-order valence-corrected chi connectivity index (χ0v) is 17.1. The van der Waals surface area contributed by atoms with Gasteiger partial charge in [0.25, 0.3) is 11.8 Å². The van der Waals surface area contributed by atoms with Gasteiger partial charge >= 0.3 is 6.18 Å². The number of halogens is 5. The molecule has 9 heteroatoms. The lowest BCUT2D eigenvalue weighted by Crippen LogP contribution is -2.56. The number of rotatable bonds is 2. The van der Waals surface area contributed by atoms with Gasteiger partial charge in [-0.1, -0.05) is 38.1 Å². The first-order valence-electron chi connectivity index (χ1n) is 10.0. The lowest BCUT2D eigenvalue weighted by Gasteiger charge is -2.43. The fourth-order valence-electron chi connectivity index (χ4n) is 4.21. The highest BCUT2D eigenvalue weighted by Gasteiger charge is 2.56. The van der Waals surface area contributed by atoms with Crippen LogP contribution in [0.2, 0.25) is 0 Å². The molecule has 2 aliphatic heterocycles. The molecule has 2 aliphatic rings. The largest absolute Gasteiger partial charge is 0.508 e. The van der Waals surface area contributed by atoms with Crippen molar-refractivity contribution in [3.8, 4) is 5.75 Å². The summed E-state index contributed by atoms with van der Waals surface area (Å²) in [6.07, 6.45) is -5.71. The molecule has 0 aliphatic carbocycles. The Balaban J connectivity index is 0.00000132. The van der Waals surface area contributed by atoms with Crippen molar-refractivity contribution < 1.29 is 31.9 Å². The Morgan fingerprint density at radius 3 is 2.13 bits per heavy atom. The summed E-state index contributed by atoms with van der Waals surface area (Å²) in [6.45, 7) is 3.66. The molecule has 4 nitrogen and oxygen atoms in total. The molecule has 1 atom stereocenters. The fourth-order valence-corrected chi connectivity index (χ4v) is 4.21. The van der Waals surface area contributed by atoms with Crippen LogP contribution in [-0.2, 0) is 16.5 Å². The van der Waals surface area contributed by atoms with Crippen LogP contribution in [0.3, 0.4) is 0 Å². The molecule has 1 saturated heterocycles. The van der Waals surface area contributed by atoms with Crippen LogP contribution >= 0.6 is 0 Å². The number of alkyl halides is 5. The van der Waals surface area contributed by atoms with E-state index >= 15 is 0 Å². The van der Waals surface area contributed by atoms with E-state index in [1.54, 1.807) is 0 Å². The highest BCUT2D eigenvalue weighted by molar-refractivity contribution is 6.09. The van der Waals surface area contributed by atoms with E-state index < -0.39 is 42.0 Å². The number of likely N-dealkylation sites (tertiary alicyclic amines) is 1. The lowest BCUT2D eigenvalue weighted by molar-refractivity contribution is -0.136. The number of carbonyl (C=O) groups excluding carboxylic acids is 1. The third kappa shape index (κ3) is 3.86. The Morgan fingerprint density at radius 1 is 1.00 bits per heavy atom. The van der Waals surface area contributed by atoms with E-state index in [0.717, 1.165) is 6.07 Å². The summed E-state index contributed by atoms with van der Waals surface area (Å²) < 4.78 is 68.1. The molecule has 0 radical (unpaired) electrons. The third-order valence-corrected chi connectivity index (χ3v) is 5.58. The molecule has 2 aromatic rings. The Bertz CT molecular complexity index is 949. The summed E-state index contributed by atoms with van der Waals surface area (Å²) in [6, 6.07) is 8.96. The highest BCUT2D eigenvalue weighted by Crippen LogP contribution is 2.51. The molecular weight excluding hydrogens is 419 g/mol. The maximum absolute atomic E-state index is 13.7. The molecule has 2 heterocycles. The summed E-state index contributed by atoms with van der Waals surface area (Å²) in [5.74, 6) is -3.71. The molecule has 0 saturated carbocycles. The van der Waals surface area contributed by atoms with Crippen molar-refractivity contribution in [1.29, 1.82) is 0 Å². The van der Waals surface area contributed by atoms with Gasteiger partial charge in [-0.3, -0.25) is 9.69 Å². The number of fused-ring (bicyclic) bond motifs is 1. The maximum atomic E-state index is 13.7. The monoisotopic (exact) mass is 442 g/mol. The van der Waals surface area contributed by atoms with E-state index in [-0.39, 0.29) is 30.1 Å². The lowest BCUT2D eigenvalue weighted by atomic mass is 9.80. The fraction of sp³-hybridized carbons (Fsp3) is 0.409. The molecule has 1 fully saturated rings. The molecule has 1 unspecified atom stereocenters. The van der Waals surface area contributed by atoms with Gasteiger partial charge in [-0.25, -0.2) is 8.78 Å². The number of nitrogens with one attached hydrogen (secondary N) is 1. The number of carbonyl (C=O) groups is 1. The van der Waals surface area contributed by atoms with Crippen LogP contribution in [0, 0.1) is 0 Å². The van der Waals surface area contributed by atoms with Crippen LogP contribution < -0.4 is 5.32 Å². The summed E-state index contributed by atoms with van der Waals surface area (Å²) in [5, 5.41) is 12.0. The predicted octanol–water partition coefficient (Wildman–Crippen LogP) is 5.36. The molecule has 168 valence electrons.